The summed E-state index contributed by atoms with van der Waals surface area (Å²) in [6, 6.07) is 5.94. The molecular weight excluding hydrogens is 252 g/mol. The maximum atomic E-state index is 5.40. The van der Waals surface area contributed by atoms with Crippen molar-refractivity contribution in [3.63, 3.8) is 0 Å². The van der Waals surface area contributed by atoms with Crippen LogP contribution in [-0.4, -0.2) is 45.8 Å². The average Bonchev–Trinajstić information content (AvgIpc) is 2.49. The molecule has 20 heavy (non-hydrogen) atoms. The first-order valence-electron chi connectivity index (χ1n) is 7.33. The monoisotopic (exact) mass is 278 g/mol. The zero-order chi connectivity index (χ0) is 14.4. The van der Waals surface area contributed by atoms with Gasteiger partial charge in [-0.3, -0.25) is 0 Å². The van der Waals surface area contributed by atoms with E-state index in [0.29, 0.717) is 0 Å². The van der Waals surface area contributed by atoms with Crippen LogP contribution < -0.4 is 14.8 Å². The zero-order valence-electron chi connectivity index (χ0n) is 12.8. The molecule has 0 aromatic heterocycles. The minimum Gasteiger partial charge on any atom is -0.497 e. The molecule has 1 heterocycles. The molecular formula is C16H26N2O2. The van der Waals surface area contributed by atoms with Gasteiger partial charge < -0.3 is 19.7 Å². The maximum Gasteiger partial charge on any atom is 0.123 e. The van der Waals surface area contributed by atoms with E-state index in [9.17, 15) is 0 Å². The first kappa shape index (κ1) is 15.1. The van der Waals surface area contributed by atoms with Gasteiger partial charge in [0.2, 0.25) is 0 Å². The Labute approximate surface area is 122 Å². The van der Waals surface area contributed by atoms with E-state index in [2.05, 4.69) is 17.3 Å². The van der Waals surface area contributed by atoms with E-state index < -0.39 is 0 Å². The molecule has 0 aliphatic carbocycles. The fourth-order valence-electron chi connectivity index (χ4n) is 2.70. The highest BCUT2D eigenvalue weighted by Gasteiger charge is 2.16. The summed E-state index contributed by atoms with van der Waals surface area (Å²) in [6.07, 6.45) is 2.58. The molecule has 0 unspecified atom stereocenters. The molecule has 1 aromatic rings. The number of benzene rings is 1. The van der Waals surface area contributed by atoms with Crippen LogP contribution >= 0.6 is 0 Å². The molecule has 0 saturated carbocycles. The summed E-state index contributed by atoms with van der Waals surface area (Å²) in [7, 11) is 5.60. The van der Waals surface area contributed by atoms with Gasteiger partial charge in [-0.15, -0.1) is 0 Å². The number of methoxy groups -OCH3 is 2. The minimum absolute atomic E-state index is 0.794. The number of hydrogen-bond acceptors (Lipinski definition) is 4. The number of hydrogen-bond donors (Lipinski definition) is 1. The number of likely N-dealkylation sites (tertiary alicyclic amines) is 1. The molecule has 1 saturated heterocycles. The third-order valence-electron chi connectivity index (χ3n) is 4.07. The molecule has 1 fully saturated rings. The van der Waals surface area contributed by atoms with Gasteiger partial charge >= 0.3 is 0 Å². The molecule has 4 heteroatoms. The lowest BCUT2D eigenvalue weighted by Gasteiger charge is -2.29. The highest BCUT2D eigenvalue weighted by atomic mass is 16.5. The van der Waals surface area contributed by atoms with Crippen LogP contribution in [0.2, 0.25) is 0 Å². The second-order valence-electron chi connectivity index (χ2n) is 5.56. The van der Waals surface area contributed by atoms with Crippen molar-refractivity contribution in [1.29, 1.82) is 0 Å². The van der Waals surface area contributed by atoms with Crippen LogP contribution in [0.4, 0.5) is 0 Å². The molecule has 1 aromatic carbocycles. The van der Waals surface area contributed by atoms with Gasteiger partial charge in [-0.05, 0) is 63.6 Å². The van der Waals surface area contributed by atoms with Crippen molar-refractivity contribution in [2.24, 2.45) is 5.92 Å². The molecule has 112 valence electrons. The predicted octanol–water partition coefficient (Wildman–Crippen LogP) is 2.14. The molecule has 1 aliphatic rings. The number of nitrogens with zero attached hydrogens (tertiary/aromatic N) is 1. The second kappa shape index (κ2) is 7.50. The molecule has 0 atom stereocenters. The summed E-state index contributed by atoms with van der Waals surface area (Å²) >= 11 is 0. The lowest BCUT2D eigenvalue weighted by molar-refractivity contribution is 0.216. The van der Waals surface area contributed by atoms with Crippen LogP contribution in [0.25, 0.3) is 0 Å². The Morgan fingerprint density at radius 1 is 1.20 bits per heavy atom. The molecule has 0 amide bonds. The smallest absolute Gasteiger partial charge is 0.123 e. The van der Waals surface area contributed by atoms with Gasteiger partial charge in [-0.25, -0.2) is 0 Å². The summed E-state index contributed by atoms with van der Waals surface area (Å²) < 4.78 is 10.7. The van der Waals surface area contributed by atoms with Crippen molar-refractivity contribution >= 4 is 0 Å². The Bertz CT molecular complexity index is 415. The van der Waals surface area contributed by atoms with E-state index >= 15 is 0 Å². The Hall–Kier alpha value is -1.26. The third-order valence-corrected chi connectivity index (χ3v) is 4.07. The normalized spacial score (nSPS) is 17.1. The van der Waals surface area contributed by atoms with E-state index in [-0.39, 0.29) is 0 Å². The van der Waals surface area contributed by atoms with Gasteiger partial charge in [-0.1, -0.05) is 0 Å². The Balaban J connectivity index is 1.84. The number of rotatable bonds is 6. The van der Waals surface area contributed by atoms with Crippen LogP contribution in [0, 0.1) is 5.92 Å². The standard InChI is InChI=1S/C16H26N2O2/c1-18-8-6-13(7-9-18)11-17-12-14-10-15(19-2)4-5-16(14)20-3/h4-5,10,13,17H,6-9,11-12H2,1-3H3. The Morgan fingerprint density at radius 3 is 2.60 bits per heavy atom. The molecule has 0 bridgehead atoms. The van der Waals surface area contributed by atoms with E-state index in [1.165, 1.54) is 25.9 Å². The summed E-state index contributed by atoms with van der Waals surface area (Å²) in [6.45, 7) is 4.34. The van der Waals surface area contributed by atoms with Crippen LogP contribution in [-0.2, 0) is 6.54 Å². The van der Waals surface area contributed by atoms with Gasteiger partial charge in [0, 0.05) is 12.1 Å². The average molecular weight is 278 g/mol. The fraction of sp³-hybridized carbons (Fsp3) is 0.625. The SMILES string of the molecule is COc1ccc(OC)c(CNCC2CCN(C)CC2)c1. The summed E-state index contributed by atoms with van der Waals surface area (Å²) in [5, 5.41) is 3.56. The topological polar surface area (TPSA) is 33.7 Å². The lowest BCUT2D eigenvalue weighted by atomic mass is 9.97. The quantitative estimate of drug-likeness (QED) is 0.864. The highest BCUT2D eigenvalue weighted by molar-refractivity contribution is 5.40. The van der Waals surface area contributed by atoms with Gasteiger partial charge in [0.25, 0.3) is 0 Å². The van der Waals surface area contributed by atoms with E-state index in [1.54, 1.807) is 14.2 Å². The number of ether oxygens (including phenoxy) is 2. The lowest BCUT2D eigenvalue weighted by Crippen LogP contribution is -2.34. The first-order chi connectivity index (χ1) is 9.72. The van der Waals surface area contributed by atoms with Crippen LogP contribution in [0.3, 0.4) is 0 Å². The number of piperidine rings is 1. The Morgan fingerprint density at radius 2 is 1.95 bits per heavy atom. The van der Waals surface area contributed by atoms with E-state index in [4.69, 9.17) is 9.47 Å². The van der Waals surface area contributed by atoms with E-state index in [1.807, 2.05) is 18.2 Å². The largest absolute Gasteiger partial charge is 0.497 e. The molecule has 0 spiro atoms. The molecule has 1 aliphatic heterocycles. The fourth-order valence-corrected chi connectivity index (χ4v) is 2.70. The van der Waals surface area contributed by atoms with Crippen LogP contribution in [0.5, 0.6) is 11.5 Å². The zero-order valence-corrected chi connectivity index (χ0v) is 12.8. The van der Waals surface area contributed by atoms with Gasteiger partial charge in [0.1, 0.15) is 11.5 Å². The maximum absolute atomic E-state index is 5.40. The van der Waals surface area contributed by atoms with Gasteiger partial charge in [0.05, 0.1) is 14.2 Å². The highest BCUT2D eigenvalue weighted by Crippen LogP contribution is 2.24. The summed E-state index contributed by atoms with van der Waals surface area (Å²) in [5.41, 5.74) is 1.15. The third kappa shape index (κ3) is 4.12. The molecule has 0 radical (unpaired) electrons. The van der Waals surface area contributed by atoms with Crippen LogP contribution in [0.15, 0.2) is 18.2 Å². The second-order valence-corrected chi connectivity index (χ2v) is 5.56. The molecule has 1 N–H and O–H groups in total. The van der Waals surface area contributed by atoms with Crippen LogP contribution in [0.1, 0.15) is 18.4 Å². The molecule has 4 nitrogen and oxygen atoms in total. The van der Waals surface area contributed by atoms with Crippen molar-refractivity contribution in [2.45, 2.75) is 19.4 Å². The summed E-state index contributed by atoms with van der Waals surface area (Å²) in [4.78, 5) is 2.40. The van der Waals surface area contributed by atoms with Crippen molar-refractivity contribution < 1.29 is 9.47 Å². The first-order valence-corrected chi connectivity index (χ1v) is 7.33. The van der Waals surface area contributed by atoms with Crippen molar-refractivity contribution in [1.82, 2.24) is 10.2 Å². The number of nitrogens with one attached hydrogen (secondary N) is 1. The summed E-state index contributed by atoms with van der Waals surface area (Å²) in [5.74, 6) is 2.59. The van der Waals surface area contributed by atoms with Crippen molar-refractivity contribution in [3.8, 4) is 11.5 Å². The predicted molar refractivity (Wildman–Crippen MR) is 81.5 cm³/mol. The minimum atomic E-state index is 0.794. The molecule has 2 rings (SSSR count). The Kier molecular flexibility index (Phi) is 5.68. The van der Waals surface area contributed by atoms with Gasteiger partial charge in [0.15, 0.2) is 0 Å². The van der Waals surface area contributed by atoms with Crippen molar-refractivity contribution in [3.05, 3.63) is 23.8 Å². The van der Waals surface area contributed by atoms with E-state index in [0.717, 1.165) is 36.1 Å². The van der Waals surface area contributed by atoms with Gasteiger partial charge in [-0.2, -0.15) is 0 Å². The van der Waals surface area contributed by atoms with Crippen molar-refractivity contribution in [2.75, 3.05) is 40.9 Å².